The summed E-state index contributed by atoms with van der Waals surface area (Å²) in [5, 5.41) is 4.48. The zero-order valence-electron chi connectivity index (χ0n) is 9.87. The number of nitrogens with zero attached hydrogens (tertiary/aromatic N) is 1. The van der Waals surface area contributed by atoms with E-state index >= 15 is 0 Å². The van der Waals surface area contributed by atoms with Crippen LogP contribution < -0.4 is 11.2 Å². The molecule has 88 valence electrons. The van der Waals surface area contributed by atoms with Gasteiger partial charge < -0.3 is 11.2 Å². The van der Waals surface area contributed by atoms with Gasteiger partial charge in [0.05, 0.1) is 12.3 Å². The number of allylic oxidation sites excluding steroid dienone is 1. The summed E-state index contributed by atoms with van der Waals surface area (Å²) in [5.41, 5.74) is 15.0. The van der Waals surface area contributed by atoms with Gasteiger partial charge in [-0.05, 0) is 49.0 Å². The van der Waals surface area contributed by atoms with E-state index in [4.69, 9.17) is 5.73 Å². The predicted octanol–water partition coefficient (Wildman–Crippen LogP) is 2.45. The summed E-state index contributed by atoms with van der Waals surface area (Å²) in [7, 11) is 0. The van der Waals surface area contributed by atoms with Crippen molar-refractivity contribution < 1.29 is 0 Å². The Morgan fingerprint density at radius 2 is 1.82 bits per heavy atom. The van der Waals surface area contributed by atoms with Crippen molar-refractivity contribution >= 4 is 11.4 Å². The molecule has 0 radical (unpaired) electrons. The number of nitrogens with two attached hydrogens (primary N) is 1. The first-order chi connectivity index (χ1) is 8.34. The van der Waals surface area contributed by atoms with Crippen molar-refractivity contribution in [1.29, 1.82) is 0 Å². The summed E-state index contributed by atoms with van der Waals surface area (Å²) in [6.45, 7) is 0.924. The molecule has 0 saturated heterocycles. The topological polar surface area (TPSA) is 50.4 Å². The van der Waals surface area contributed by atoms with Gasteiger partial charge in [-0.15, -0.1) is 0 Å². The van der Waals surface area contributed by atoms with Crippen LogP contribution in [0.3, 0.4) is 0 Å². The molecule has 1 heterocycles. The highest BCUT2D eigenvalue weighted by molar-refractivity contribution is 6.13. The lowest BCUT2D eigenvalue weighted by molar-refractivity contribution is 0.636. The molecule has 0 unspecified atom stereocenters. The first-order valence-electron chi connectivity index (χ1n) is 6.22. The Labute approximate surface area is 101 Å². The number of hydrogen-bond acceptors (Lipinski definition) is 3. The molecule has 0 atom stereocenters. The average Bonchev–Trinajstić information content (AvgIpc) is 2.39. The molecule has 0 aromatic heterocycles. The largest absolute Gasteiger partial charge is 0.399 e. The second-order valence-electron chi connectivity index (χ2n) is 4.71. The summed E-state index contributed by atoms with van der Waals surface area (Å²) in [6.07, 6.45) is 4.99. The third-order valence-electron chi connectivity index (χ3n) is 3.54. The van der Waals surface area contributed by atoms with Gasteiger partial charge in [-0.2, -0.15) is 5.10 Å². The SMILES string of the molecule is Nc1ccc(C2=NNCC3=C2CCCC3)cc1. The van der Waals surface area contributed by atoms with Gasteiger partial charge in [-0.3, -0.25) is 0 Å². The van der Waals surface area contributed by atoms with Crippen molar-refractivity contribution in [2.45, 2.75) is 25.7 Å². The van der Waals surface area contributed by atoms with Crippen molar-refractivity contribution in [1.82, 2.24) is 5.43 Å². The summed E-state index contributed by atoms with van der Waals surface area (Å²) in [4.78, 5) is 0. The van der Waals surface area contributed by atoms with Crippen LogP contribution in [0.4, 0.5) is 5.69 Å². The Morgan fingerprint density at radius 1 is 1.06 bits per heavy atom. The Morgan fingerprint density at radius 3 is 2.65 bits per heavy atom. The molecule has 0 spiro atoms. The summed E-state index contributed by atoms with van der Waals surface area (Å²) >= 11 is 0. The molecular weight excluding hydrogens is 210 g/mol. The lowest BCUT2D eigenvalue weighted by Crippen LogP contribution is -2.26. The Balaban J connectivity index is 1.99. The van der Waals surface area contributed by atoms with E-state index in [1.54, 1.807) is 0 Å². The van der Waals surface area contributed by atoms with Gasteiger partial charge in [0, 0.05) is 11.3 Å². The maximum Gasteiger partial charge on any atom is 0.0933 e. The second-order valence-corrected chi connectivity index (χ2v) is 4.71. The number of hydrogen-bond donors (Lipinski definition) is 2. The molecule has 1 aromatic carbocycles. The smallest absolute Gasteiger partial charge is 0.0933 e. The molecule has 0 amide bonds. The average molecular weight is 227 g/mol. The monoisotopic (exact) mass is 227 g/mol. The van der Waals surface area contributed by atoms with Gasteiger partial charge >= 0.3 is 0 Å². The minimum Gasteiger partial charge on any atom is -0.399 e. The first kappa shape index (κ1) is 10.4. The molecule has 1 aromatic rings. The summed E-state index contributed by atoms with van der Waals surface area (Å²) in [6, 6.07) is 7.99. The Kier molecular flexibility index (Phi) is 2.59. The zero-order valence-corrected chi connectivity index (χ0v) is 9.87. The van der Waals surface area contributed by atoms with Gasteiger partial charge in [0.15, 0.2) is 0 Å². The van der Waals surface area contributed by atoms with Crippen molar-refractivity contribution in [2.24, 2.45) is 5.10 Å². The van der Waals surface area contributed by atoms with Crippen LogP contribution in [0.1, 0.15) is 31.2 Å². The Hall–Kier alpha value is -1.77. The maximum absolute atomic E-state index is 5.72. The van der Waals surface area contributed by atoms with Gasteiger partial charge in [-0.25, -0.2) is 0 Å². The molecule has 0 saturated carbocycles. The van der Waals surface area contributed by atoms with Gasteiger partial charge in [0.2, 0.25) is 0 Å². The van der Waals surface area contributed by atoms with Crippen LogP contribution in [-0.2, 0) is 0 Å². The van der Waals surface area contributed by atoms with E-state index in [0.717, 1.165) is 17.9 Å². The number of nitrogen functional groups attached to an aromatic ring is 1. The van der Waals surface area contributed by atoms with Gasteiger partial charge in [0.25, 0.3) is 0 Å². The van der Waals surface area contributed by atoms with Crippen LogP contribution in [-0.4, -0.2) is 12.3 Å². The Bertz CT molecular complexity index is 483. The van der Waals surface area contributed by atoms with E-state index in [1.165, 1.54) is 42.4 Å². The molecule has 3 rings (SSSR count). The van der Waals surface area contributed by atoms with Crippen LogP contribution in [0.2, 0.25) is 0 Å². The molecule has 3 N–H and O–H groups in total. The van der Waals surface area contributed by atoms with Crippen LogP contribution in [0.5, 0.6) is 0 Å². The number of rotatable bonds is 1. The van der Waals surface area contributed by atoms with Crippen molar-refractivity contribution in [3.63, 3.8) is 0 Å². The highest BCUT2D eigenvalue weighted by atomic mass is 15.3. The number of benzene rings is 1. The summed E-state index contributed by atoms with van der Waals surface area (Å²) < 4.78 is 0. The standard InChI is InChI=1S/C14H17N3/c15-12-7-5-10(6-8-12)14-13-4-2-1-3-11(13)9-16-17-14/h5-8,16H,1-4,9,15H2. The zero-order chi connectivity index (χ0) is 11.7. The van der Waals surface area contributed by atoms with Crippen LogP contribution >= 0.6 is 0 Å². The third kappa shape index (κ3) is 1.93. The molecule has 0 bridgehead atoms. The number of anilines is 1. The van der Waals surface area contributed by atoms with E-state index in [0.29, 0.717) is 0 Å². The lowest BCUT2D eigenvalue weighted by Gasteiger charge is -2.25. The molecule has 1 aliphatic heterocycles. The van der Waals surface area contributed by atoms with Crippen molar-refractivity contribution in [3.05, 3.63) is 41.0 Å². The highest BCUT2D eigenvalue weighted by Crippen LogP contribution is 2.29. The quantitative estimate of drug-likeness (QED) is 0.724. The normalized spacial score (nSPS) is 19.4. The molecular formula is C14H17N3. The second kappa shape index (κ2) is 4.24. The molecule has 0 fully saturated rings. The minimum absolute atomic E-state index is 0.802. The molecule has 1 aliphatic carbocycles. The minimum atomic E-state index is 0.802. The molecule has 17 heavy (non-hydrogen) atoms. The first-order valence-corrected chi connectivity index (χ1v) is 6.22. The number of hydrazone groups is 1. The predicted molar refractivity (Wildman–Crippen MR) is 70.9 cm³/mol. The van der Waals surface area contributed by atoms with E-state index in [9.17, 15) is 0 Å². The maximum atomic E-state index is 5.72. The van der Waals surface area contributed by atoms with Crippen LogP contribution in [0, 0.1) is 0 Å². The van der Waals surface area contributed by atoms with Gasteiger partial charge in [-0.1, -0.05) is 12.1 Å². The summed E-state index contributed by atoms with van der Waals surface area (Å²) in [5.74, 6) is 0. The van der Waals surface area contributed by atoms with Gasteiger partial charge in [0.1, 0.15) is 0 Å². The fourth-order valence-corrected chi connectivity index (χ4v) is 2.61. The van der Waals surface area contributed by atoms with E-state index < -0.39 is 0 Å². The van der Waals surface area contributed by atoms with Crippen molar-refractivity contribution in [2.75, 3.05) is 12.3 Å². The molecule has 2 aliphatic rings. The highest BCUT2D eigenvalue weighted by Gasteiger charge is 2.21. The molecule has 3 nitrogen and oxygen atoms in total. The third-order valence-corrected chi connectivity index (χ3v) is 3.54. The molecule has 3 heteroatoms. The van der Waals surface area contributed by atoms with E-state index in [1.807, 2.05) is 12.1 Å². The van der Waals surface area contributed by atoms with Crippen molar-refractivity contribution in [3.8, 4) is 0 Å². The lowest BCUT2D eigenvalue weighted by atomic mass is 9.86. The van der Waals surface area contributed by atoms with E-state index in [-0.39, 0.29) is 0 Å². The number of nitrogens with one attached hydrogen (secondary N) is 1. The van der Waals surface area contributed by atoms with Crippen LogP contribution in [0.25, 0.3) is 0 Å². The fraction of sp³-hybridized carbons (Fsp3) is 0.357. The van der Waals surface area contributed by atoms with E-state index in [2.05, 4.69) is 22.7 Å². The fourth-order valence-electron chi connectivity index (χ4n) is 2.61. The van der Waals surface area contributed by atoms with Crippen LogP contribution in [0.15, 0.2) is 40.5 Å².